The van der Waals surface area contributed by atoms with E-state index in [1.54, 1.807) is 12.3 Å². The molecule has 2 saturated heterocycles. The number of carboxylic acids is 2. The van der Waals surface area contributed by atoms with Crippen molar-refractivity contribution in [2.24, 2.45) is 10.6 Å². The monoisotopic (exact) mass is 608 g/mol. The standard InChI is InChI=1S/C20H20N10O7S3/c1-2-37-26-11(9-4-38-19(21)22-9)14(31)23-12-15(32)29-5-20(18(35)36,7-40-16(12)29)6-39-10-3-8(17(33)34)13-24-27-28-30(13)25-10/h3-4,12,16H,2,5-7H2,1H3,(H2,21,22)(H,23,31)(H,33,34)(H,35,36)/t12?,16-,20?/m1/s1. The zero-order valence-electron chi connectivity index (χ0n) is 20.5. The van der Waals surface area contributed by atoms with E-state index in [0.29, 0.717) is 0 Å². The summed E-state index contributed by atoms with van der Waals surface area (Å²) < 4.78 is 0.959. The van der Waals surface area contributed by atoms with Gasteiger partial charge in [-0.3, -0.25) is 14.4 Å². The first-order valence-corrected chi connectivity index (χ1v) is 14.4. The van der Waals surface area contributed by atoms with E-state index in [0.717, 1.165) is 27.7 Å². The van der Waals surface area contributed by atoms with Crippen molar-refractivity contribution >= 4 is 75.1 Å². The van der Waals surface area contributed by atoms with E-state index in [1.807, 2.05) is 0 Å². The minimum absolute atomic E-state index is 0.0149. The van der Waals surface area contributed by atoms with Crippen LogP contribution in [0.2, 0.25) is 0 Å². The summed E-state index contributed by atoms with van der Waals surface area (Å²) in [5, 5.41) is 42.4. The molecule has 5 N–H and O–H groups in total. The number of amides is 2. The number of thioether (sulfide) groups is 2. The third-order valence-corrected chi connectivity index (χ3v) is 9.49. The van der Waals surface area contributed by atoms with E-state index in [2.05, 4.69) is 36.1 Å². The van der Waals surface area contributed by atoms with Gasteiger partial charge in [-0.2, -0.15) is 0 Å². The van der Waals surface area contributed by atoms with Crippen molar-refractivity contribution < 1.29 is 34.2 Å². The zero-order chi connectivity index (χ0) is 28.6. The Balaban J connectivity index is 1.28. The number of β-lactam (4-membered cyclic amide) rings is 1. The Bertz CT molecular complexity index is 1540. The number of tetrazole rings is 1. The van der Waals surface area contributed by atoms with Crippen molar-refractivity contribution in [3.8, 4) is 0 Å². The molecule has 2 fully saturated rings. The van der Waals surface area contributed by atoms with Crippen LogP contribution >= 0.6 is 34.9 Å². The minimum Gasteiger partial charge on any atom is -0.481 e. The Morgan fingerprint density at radius 2 is 2.17 bits per heavy atom. The smallest absolute Gasteiger partial charge is 0.339 e. The van der Waals surface area contributed by atoms with E-state index in [9.17, 15) is 29.4 Å². The van der Waals surface area contributed by atoms with Crippen LogP contribution in [0.15, 0.2) is 21.6 Å². The molecule has 3 atom stereocenters. The summed E-state index contributed by atoms with van der Waals surface area (Å²) in [6.45, 7) is 1.79. The number of rotatable bonds is 10. The largest absolute Gasteiger partial charge is 0.481 e. The second kappa shape index (κ2) is 10.8. The van der Waals surface area contributed by atoms with Gasteiger partial charge < -0.3 is 31.0 Å². The van der Waals surface area contributed by atoms with Gasteiger partial charge in [-0.1, -0.05) is 5.16 Å². The van der Waals surface area contributed by atoms with Gasteiger partial charge in [0.25, 0.3) is 5.91 Å². The van der Waals surface area contributed by atoms with Crippen LogP contribution in [-0.4, -0.2) is 111 Å². The van der Waals surface area contributed by atoms with E-state index in [4.69, 9.17) is 10.6 Å². The van der Waals surface area contributed by atoms with Gasteiger partial charge in [0.2, 0.25) is 11.6 Å². The predicted molar refractivity (Wildman–Crippen MR) is 141 cm³/mol. The topological polar surface area (TPSA) is 240 Å². The van der Waals surface area contributed by atoms with Crippen molar-refractivity contribution in [3.63, 3.8) is 0 Å². The van der Waals surface area contributed by atoms with Crippen LogP contribution in [0.1, 0.15) is 23.0 Å². The lowest BCUT2D eigenvalue weighted by atomic mass is 9.89. The number of aromatic nitrogens is 6. The van der Waals surface area contributed by atoms with Crippen molar-refractivity contribution in [1.82, 2.24) is 40.5 Å². The van der Waals surface area contributed by atoms with Gasteiger partial charge in [-0.15, -0.1) is 49.7 Å². The molecule has 5 heterocycles. The van der Waals surface area contributed by atoms with E-state index in [1.165, 1.54) is 22.7 Å². The molecule has 2 amide bonds. The molecule has 17 nitrogen and oxygen atoms in total. The van der Waals surface area contributed by atoms with Crippen molar-refractivity contribution in [2.75, 3.05) is 30.4 Å². The molecule has 5 rings (SSSR count). The van der Waals surface area contributed by atoms with Crippen LogP contribution in [-0.2, 0) is 19.2 Å². The minimum atomic E-state index is -1.36. The molecule has 2 unspecified atom stereocenters. The fraction of sp³-hybridized carbons (Fsp3) is 0.400. The Labute approximate surface area is 236 Å². The Kier molecular flexibility index (Phi) is 7.47. The van der Waals surface area contributed by atoms with Crippen LogP contribution in [0.5, 0.6) is 0 Å². The third-order valence-electron chi connectivity index (χ3n) is 6.03. The number of nitrogens with one attached hydrogen (secondary N) is 1. The molecule has 0 aromatic carbocycles. The first-order valence-electron chi connectivity index (χ1n) is 11.5. The van der Waals surface area contributed by atoms with Gasteiger partial charge in [-0.05, 0) is 23.4 Å². The lowest BCUT2D eigenvalue weighted by Crippen LogP contribution is -2.74. The van der Waals surface area contributed by atoms with Gasteiger partial charge in [0.05, 0.1) is 0 Å². The zero-order valence-corrected chi connectivity index (χ0v) is 22.9. The van der Waals surface area contributed by atoms with Crippen LogP contribution in [0.25, 0.3) is 5.65 Å². The summed E-state index contributed by atoms with van der Waals surface area (Å²) >= 11 is 3.35. The number of carbonyl (C=O) groups is 4. The number of oxime groups is 1. The number of fused-ring (bicyclic) bond motifs is 2. The SMILES string of the molecule is CCON=C(C(=O)NC1C(=O)N2CC(CSc3cc(C(=O)O)c4nnnn4n3)(C(=O)O)CS[C@H]12)c1csc(N)n1. The Hall–Kier alpha value is -4.04. The molecule has 0 spiro atoms. The summed E-state index contributed by atoms with van der Waals surface area (Å²) in [5.74, 6) is -3.41. The maximum atomic E-state index is 13.0. The highest BCUT2D eigenvalue weighted by Crippen LogP contribution is 2.44. The third kappa shape index (κ3) is 4.99. The number of nitrogens with zero attached hydrogens (tertiary/aromatic N) is 8. The molecule has 40 heavy (non-hydrogen) atoms. The number of aliphatic carboxylic acids is 1. The maximum Gasteiger partial charge on any atom is 0.339 e. The van der Waals surface area contributed by atoms with Gasteiger partial charge >= 0.3 is 11.9 Å². The fourth-order valence-corrected chi connectivity index (χ4v) is 7.30. The van der Waals surface area contributed by atoms with Crippen LogP contribution in [0, 0.1) is 5.41 Å². The summed E-state index contributed by atoms with van der Waals surface area (Å²) in [5.41, 5.74) is 4.14. The Morgan fingerprint density at radius 3 is 2.85 bits per heavy atom. The number of nitrogens with two attached hydrogens (primary N) is 1. The number of nitrogen functional groups attached to an aromatic ring is 1. The fourth-order valence-electron chi connectivity index (χ4n) is 4.01. The summed E-state index contributed by atoms with van der Waals surface area (Å²) in [6.07, 6.45) is 0. The highest BCUT2D eigenvalue weighted by atomic mass is 32.2. The number of carboxylic acid groups (broad SMARTS) is 2. The second-order valence-corrected chi connectivity index (χ2v) is 11.6. The average Bonchev–Trinajstić information content (AvgIpc) is 3.58. The molecule has 210 valence electrons. The van der Waals surface area contributed by atoms with E-state index >= 15 is 0 Å². The number of aromatic carboxylic acids is 1. The van der Waals surface area contributed by atoms with Gasteiger partial charge in [-0.25, -0.2) is 9.78 Å². The van der Waals surface area contributed by atoms with E-state index < -0.39 is 40.6 Å². The van der Waals surface area contributed by atoms with Crippen molar-refractivity contribution in [3.05, 3.63) is 22.7 Å². The first kappa shape index (κ1) is 27.5. The first-order chi connectivity index (χ1) is 19.1. The Morgan fingerprint density at radius 1 is 1.38 bits per heavy atom. The second-order valence-electron chi connectivity index (χ2n) is 8.61. The molecule has 2 aliphatic heterocycles. The molecule has 3 aromatic rings. The molecule has 2 aliphatic rings. The average molecular weight is 609 g/mol. The van der Waals surface area contributed by atoms with Gasteiger partial charge in [0.1, 0.15) is 39.7 Å². The number of hydrogen-bond donors (Lipinski definition) is 4. The molecule has 0 bridgehead atoms. The lowest BCUT2D eigenvalue weighted by molar-refractivity contribution is -0.157. The van der Waals surface area contributed by atoms with Crippen molar-refractivity contribution in [1.29, 1.82) is 0 Å². The highest BCUT2D eigenvalue weighted by molar-refractivity contribution is 8.00. The summed E-state index contributed by atoms with van der Waals surface area (Å²) in [7, 11) is 0. The number of anilines is 1. The summed E-state index contributed by atoms with van der Waals surface area (Å²) in [4.78, 5) is 60.5. The number of thiazole rings is 1. The molecule has 0 saturated carbocycles. The molecular weight excluding hydrogens is 588 g/mol. The molecular formula is C20H20N10O7S3. The number of hydrogen-bond acceptors (Lipinski definition) is 15. The highest BCUT2D eigenvalue weighted by Gasteiger charge is 2.57. The molecule has 0 aliphatic carbocycles. The molecule has 20 heteroatoms. The quantitative estimate of drug-likeness (QED) is 0.0959. The lowest BCUT2D eigenvalue weighted by Gasteiger charge is -2.53. The van der Waals surface area contributed by atoms with Gasteiger partial charge in [0, 0.05) is 23.4 Å². The van der Waals surface area contributed by atoms with E-state index in [-0.39, 0.29) is 57.4 Å². The molecule has 3 aromatic heterocycles. The van der Waals surface area contributed by atoms with Gasteiger partial charge in [0.15, 0.2) is 10.8 Å². The van der Waals surface area contributed by atoms with Crippen LogP contribution in [0.3, 0.4) is 0 Å². The maximum absolute atomic E-state index is 13.0. The van der Waals surface area contributed by atoms with Crippen molar-refractivity contribution in [2.45, 2.75) is 23.4 Å². The van der Waals surface area contributed by atoms with Crippen LogP contribution in [0.4, 0.5) is 5.13 Å². The summed E-state index contributed by atoms with van der Waals surface area (Å²) in [6, 6.07) is 0.367. The normalized spacial score (nSPS) is 22.5. The van der Waals surface area contributed by atoms with Crippen LogP contribution < -0.4 is 11.1 Å². The predicted octanol–water partition coefficient (Wildman–Crippen LogP) is -0.740. The number of carbonyl (C=O) groups excluding carboxylic acids is 2. The molecule has 0 radical (unpaired) electrons.